The average Bonchev–Trinajstić information content (AvgIpc) is 3.36. The van der Waals surface area contributed by atoms with Crippen LogP contribution in [0.5, 0.6) is 5.75 Å². The predicted molar refractivity (Wildman–Crippen MR) is 101 cm³/mol. The second-order valence-electron chi connectivity index (χ2n) is 7.52. The maximum atomic E-state index is 14.6. The number of sulfone groups is 1. The molecule has 4 rings (SSSR count). The lowest BCUT2D eigenvalue weighted by Gasteiger charge is -2.17. The molecule has 144 valence electrons. The van der Waals surface area contributed by atoms with E-state index in [1.165, 1.54) is 16.7 Å². The van der Waals surface area contributed by atoms with E-state index in [0.717, 1.165) is 19.1 Å². The van der Waals surface area contributed by atoms with Gasteiger partial charge in [0.25, 0.3) is 5.56 Å². The zero-order chi connectivity index (χ0) is 19.3. The SMILES string of the molecule is Cc1cc(-c2cc(S(C)(=O)=O)ccc2OCC2CC2)c2n(c1=O)CCC2F. The first-order valence-electron chi connectivity index (χ1n) is 9.11. The van der Waals surface area contributed by atoms with Gasteiger partial charge < -0.3 is 9.30 Å². The first kappa shape index (κ1) is 18.2. The van der Waals surface area contributed by atoms with Crippen molar-refractivity contribution in [1.29, 1.82) is 0 Å². The lowest BCUT2D eigenvalue weighted by Crippen LogP contribution is -2.22. The Morgan fingerprint density at radius 2 is 1.93 bits per heavy atom. The molecule has 1 atom stereocenters. The van der Waals surface area contributed by atoms with Gasteiger partial charge in [-0.15, -0.1) is 0 Å². The third kappa shape index (κ3) is 3.40. The standard InChI is InChI=1S/C20H22FNO4S/c1-12-9-16(19-17(21)7-8-22(19)20(12)23)15-10-14(27(2,24)25)5-6-18(15)26-11-13-3-4-13/h5-6,9-10,13,17H,3-4,7-8,11H2,1-2H3. The molecular weight excluding hydrogens is 369 g/mol. The van der Waals surface area contributed by atoms with E-state index in [0.29, 0.717) is 47.2 Å². The number of nitrogens with zero attached hydrogens (tertiary/aromatic N) is 1. The summed E-state index contributed by atoms with van der Waals surface area (Å²) in [4.78, 5) is 12.5. The number of ether oxygens (including phenoxy) is 1. The van der Waals surface area contributed by atoms with Crippen LogP contribution in [0.2, 0.25) is 0 Å². The summed E-state index contributed by atoms with van der Waals surface area (Å²) in [5, 5.41) is 0. The van der Waals surface area contributed by atoms with Crippen molar-refractivity contribution in [3.8, 4) is 16.9 Å². The number of hydrogen-bond donors (Lipinski definition) is 0. The van der Waals surface area contributed by atoms with Gasteiger partial charge in [0.1, 0.15) is 11.9 Å². The molecule has 1 aliphatic heterocycles. The lowest BCUT2D eigenvalue weighted by atomic mass is 9.99. The Bertz CT molecular complexity index is 1070. The first-order chi connectivity index (χ1) is 12.8. The predicted octanol–water partition coefficient (Wildman–Crippen LogP) is 3.43. The summed E-state index contributed by atoms with van der Waals surface area (Å²) in [5.41, 5.74) is 1.67. The van der Waals surface area contributed by atoms with Crippen molar-refractivity contribution in [2.75, 3.05) is 12.9 Å². The molecule has 1 saturated carbocycles. The van der Waals surface area contributed by atoms with Crippen molar-refractivity contribution < 1.29 is 17.5 Å². The zero-order valence-electron chi connectivity index (χ0n) is 15.4. The van der Waals surface area contributed by atoms with E-state index < -0.39 is 16.0 Å². The zero-order valence-corrected chi connectivity index (χ0v) is 16.2. The fourth-order valence-electron chi connectivity index (χ4n) is 3.54. The van der Waals surface area contributed by atoms with Gasteiger partial charge in [-0.1, -0.05) is 0 Å². The number of fused-ring (bicyclic) bond motifs is 1. The van der Waals surface area contributed by atoms with Crippen LogP contribution in [-0.2, 0) is 16.4 Å². The maximum absolute atomic E-state index is 14.6. The Morgan fingerprint density at radius 3 is 2.59 bits per heavy atom. The molecule has 1 unspecified atom stereocenters. The molecule has 2 aliphatic rings. The van der Waals surface area contributed by atoms with E-state index in [9.17, 15) is 17.6 Å². The molecule has 0 radical (unpaired) electrons. The molecule has 5 nitrogen and oxygen atoms in total. The average molecular weight is 391 g/mol. The number of rotatable bonds is 5. The number of aromatic nitrogens is 1. The highest BCUT2D eigenvalue weighted by Gasteiger charge is 2.30. The Morgan fingerprint density at radius 1 is 1.19 bits per heavy atom. The minimum absolute atomic E-state index is 0.146. The van der Waals surface area contributed by atoms with E-state index in [4.69, 9.17) is 4.74 Å². The number of benzene rings is 1. The third-order valence-electron chi connectivity index (χ3n) is 5.25. The van der Waals surface area contributed by atoms with E-state index in [1.807, 2.05) is 0 Å². The fourth-order valence-corrected chi connectivity index (χ4v) is 4.19. The van der Waals surface area contributed by atoms with Gasteiger partial charge in [-0.3, -0.25) is 4.79 Å². The Labute approximate surface area is 157 Å². The van der Waals surface area contributed by atoms with Gasteiger partial charge in [0.2, 0.25) is 0 Å². The van der Waals surface area contributed by atoms with E-state index >= 15 is 0 Å². The fraction of sp³-hybridized carbons (Fsp3) is 0.450. The highest BCUT2D eigenvalue weighted by atomic mass is 32.2. The molecule has 1 aromatic carbocycles. The van der Waals surface area contributed by atoms with Crippen LogP contribution in [0, 0.1) is 12.8 Å². The van der Waals surface area contributed by atoms with E-state index in [1.54, 1.807) is 19.1 Å². The van der Waals surface area contributed by atoms with Crippen molar-refractivity contribution in [3.63, 3.8) is 0 Å². The lowest BCUT2D eigenvalue weighted by molar-refractivity contribution is 0.300. The van der Waals surface area contributed by atoms with Crippen molar-refractivity contribution >= 4 is 9.84 Å². The van der Waals surface area contributed by atoms with Crippen LogP contribution in [-0.4, -0.2) is 25.8 Å². The number of hydrogen-bond acceptors (Lipinski definition) is 4. The smallest absolute Gasteiger partial charge is 0.253 e. The molecular formula is C20H22FNO4S. The Kier molecular flexibility index (Phi) is 4.37. The van der Waals surface area contributed by atoms with Crippen LogP contribution in [0.15, 0.2) is 34.0 Å². The van der Waals surface area contributed by atoms with Crippen molar-refractivity contribution in [3.05, 3.63) is 45.9 Å². The van der Waals surface area contributed by atoms with Crippen molar-refractivity contribution in [1.82, 2.24) is 4.57 Å². The number of alkyl halides is 1. The summed E-state index contributed by atoms with van der Waals surface area (Å²) in [6, 6.07) is 6.32. The summed E-state index contributed by atoms with van der Waals surface area (Å²) in [7, 11) is -3.43. The summed E-state index contributed by atoms with van der Waals surface area (Å²) in [6.45, 7) is 2.57. The van der Waals surface area contributed by atoms with Gasteiger partial charge in [-0.25, -0.2) is 12.8 Å². The van der Waals surface area contributed by atoms with Crippen LogP contribution in [0.1, 0.15) is 36.7 Å². The van der Waals surface area contributed by atoms with Crippen LogP contribution in [0.25, 0.3) is 11.1 Å². The number of pyridine rings is 1. The van der Waals surface area contributed by atoms with Crippen molar-refractivity contribution in [2.24, 2.45) is 5.92 Å². The van der Waals surface area contributed by atoms with Crippen LogP contribution in [0.4, 0.5) is 4.39 Å². The molecule has 0 amide bonds. The molecule has 1 aliphatic carbocycles. The third-order valence-corrected chi connectivity index (χ3v) is 6.36. The van der Waals surface area contributed by atoms with Gasteiger partial charge in [-0.05, 0) is 49.9 Å². The molecule has 0 N–H and O–H groups in total. The molecule has 7 heteroatoms. The molecule has 0 saturated heterocycles. The summed E-state index contributed by atoms with van der Waals surface area (Å²) < 4.78 is 46.2. The summed E-state index contributed by atoms with van der Waals surface area (Å²) in [5.74, 6) is 1.04. The van der Waals surface area contributed by atoms with Crippen LogP contribution >= 0.6 is 0 Å². The van der Waals surface area contributed by atoms with Gasteiger partial charge in [-0.2, -0.15) is 0 Å². The monoisotopic (exact) mass is 391 g/mol. The normalized spacial score (nSPS) is 19.1. The molecule has 0 spiro atoms. The first-order valence-corrected chi connectivity index (χ1v) is 11.0. The highest BCUT2D eigenvalue weighted by molar-refractivity contribution is 7.90. The molecule has 1 aromatic heterocycles. The van der Waals surface area contributed by atoms with Gasteiger partial charge >= 0.3 is 0 Å². The van der Waals surface area contributed by atoms with Gasteiger partial charge in [0.15, 0.2) is 9.84 Å². The minimum Gasteiger partial charge on any atom is -0.493 e. The van der Waals surface area contributed by atoms with E-state index in [2.05, 4.69) is 0 Å². The minimum atomic E-state index is -3.43. The summed E-state index contributed by atoms with van der Waals surface area (Å²) >= 11 is 0. The number of halogens is 1. The molecule has 0 bridgehead atoms. The Hall–Kier alpha value is -2.15. The van der Waals surface area contributed by atoms with E-state index in [-0.39, 0.29) is 16.9 Å². The van der Waals surface area contributed by atoms with Gasteiger partial charge in [0, 0.05) is 35.9 Å². The Balaban J connectivity index is 1.92. The quantitative estimate of drug-likeness (QED) is 0.783. The van der Waals surface area contributed by atoms with Gasteiger partial charge in [0.05, 0.1) is 17.2 Å². The topological polar surface area (TPSA) is 65.4 Å². The molecule has 1 fully saturated rings. The van der Waals surface area contributed by atoms with Crippen LogP contribution < -0.4 is 10.3 Å². The molecule has 2 heterocycles. The summed E-state index contributed by atoms with van der Waals surface area (Å²) in [6.07, 6.45) is 2.37. The highest BCUT2D eigenvalue weighted by Crippen LogP contribution is 2.41. The van der Waals surface area contributed by atoms with Crippen LogP contribution in [0.3, 0.4) is 0 Å². The molecule has 2 aromatic rings. The molecule has 27 heavy (non-hydrogen) atoms. The number of aryl methyl sites for hydroxylation is 1. The second kappa shape index (κ2) is 6.48. The maximum Gasteiger partial charge on any atom is 0.253 e. The van der Waals surface area contributed by atoms with Crippen molar-refractivity contribution in [2.45, 2.75) is 43.8 Å². The largest absolute Gasteiger partial charge is 0.493 e. The second-order valence-corrected chi connectivity index (χ2v) is 9.54.